The molecular formula is C23H26N4OS. The Kier molecular flexibility index (Phi) is 6.20. The maximum absolute atomic E-state index is 5.25. The summed E-state index contributed by atoms with van der Waals surface area (Å²) in [5, 5.41) is 3.60. The van der Waals surface area contributed by atoms with Crippen molar-refractivity contribution in [1.29, 1.82) is 0 Å². The van der Waals surface area contributed by atoms with Crippen molar-refractivity contribution in [3.63, 3.8) is 0 Å². The zero-order valence-corrected chi connectivity index (χ0v) is 17.7. The van der Waals surface area contributed by atoms with Crippen LogP contribution in [-0.4, -0.2) is 30.2 Å². The van der Waals surface area contributed by atoms with E-state index in [-0.39, 0.29) is 0 Å². The number of nitrogens with one attached hydrogen (secondary N) is 1. The fraction of sp³-hybridized carbons (Fsp3) is 0.304. The van der Waals surface area contributed by atoms with Crippen LogP contribution in [0.3, 0.4) is 0 Å². The largest absolute Gasteiger partial charge is 0.497 e. The summed E-state index contributed by atoms with van der Waals surface area (Å²) < 4.78 is 5.25. The van der Waals surface area contributed by atoms with Gasteiger partial charge in [0, 0.05) is 46.9 Å². The SMILES string of the molecule is COc1ccc(Sc2ccccc2NCc2cnc(C)nc2N2CCCC2)cc1. The van der Waals surface area contributed by atoms with E-state index >= 15 is 0 Å². The lowest BCUT2D eigenvalue weighted by Crippen LogP contribution is -2.22. The van der Waals surface area contributed by atoms with Gasteiger partial charge in [0.15, 0.2) is 0 Å². The van der Waals surface area contributed by atoms with Gasteiger partial charge in [0.05, 0.1) is 7.11 Å². The lowest BCUT2D eigenvalue weighted by atomic mass is 10.2. The van der Waals surface area contributed by atoms with E-state index in [4.69, 9.17) is 9.72 Å². The molecule has 0 saturated carbocycles. The average molecular weight is 407 g/mol. The van der Waals surface area contributed by atoms with Crippen LogP contribution in [0, 0.1) is 6.92 Å². The first-order valence-electron chi connectivity index (χ1n) is 9.95. The van der Waals surface area contributed by atoms with E-state index in [0.29, 0.717) is 6.54 Å². The number of para-hydroxylation sites is 1. The molecule has 1 fully saturated rings. The summed E-state index contributed by atoms with van der Waals surface area (Å²) >= 11 is 1.74. The number of ether oxygens (including phenoxy) is 1. The Hall–Kier alpha value is -2.73. The smallest absolute Gasteiger partial charge is 0.137 e. The fourth-order valence-electron chi connectivity index (χ4n) is 3.47. The molecular weight excluding hydrogens is 380 g/mol. The molecule has 0 amide bonds. The van der Waals surface area contributed by atoms with Gasteiger partial charge in [0.25, 0.3) is 0 Å². The molecule has 0 bridgehead atoms. The summed E-state index contributed by atoms with van der Waals surface area (Å²) in [5.74, 6) is 2.77. The number of benzene rings is 2. The quantitative estimate of drug-likeness (QED) is 0.585. The van der Waals surface area contributed by atoms with E-state index < -0.39 is 0 Å². The highest BCUT2D eigenvalue weighted by atomic mass is 32.2. The molecule has 1 aromatic heterocycles. The van der Waals surface area contributed by atoms with Crippen molar-refractivity contribution in [3.05, 3.63) is 66.1 Å². The first-order chi connectivity index (χ1) is 14.2. The Labute approximate surface area is 176 Å². The van der Waals surface area contributed by atoms with Crippen LogP contribution >= 0.6 is 11.8 Å². The summed E-state index contributed by atoms with van der Waals surface area (Å²) in [5.41, 5.74) is 2.25. The van der Waals surface area contributed by atoms with E-state index in [0.717, 1.165) is 41.7 Å². The van der Waals surface area contributed by atoms with Crippen molar-refractivity contribution in [3.8, 4) is 5.75 Å². The van der Waals surface area contributed by atoms with Gasteiger partial charge in [-0.25, -0.2) is 9.97 Å². The van der Waals surface area contributed by atoms with Crippen LogP contribution in [0.5, 0.6) is 5.75 Å². The van der Waals surface area contributed by atoms with Crippen LogP contribution in [0.15, 0.2) is 64.5 Å². The maximum Gasteiger partial charge on any atom is 0.137 e. The van der Waals surface area contributed by atoms with Gasteiger partial charge in [-0.15, -0.1) is 0 Å². The molecule has 0 spiro atoms. The van der Waals surface area contributed by atoms with E-state index in [1.807, 2.05) is 25.3 Å². The van der Waals surface area contributed by atoms with Crippen molar-refractivity contribution in [2.75, 3.05) is 30.4 Å². The summed E-state index contributed by atoms with van der Waals surface area (Å²) in [4.78, 5) is 13.9. The number of rotatable bonds is 7. The third kappa shape index (κ3) is 4.82. The second-order valence-corrected chi connectivity index (χ2v) is 8.20. The minimum absolute atomic E-state index is 0.701. The minimum atomic E-state index is 0.701. The summed E-state index contributed by atoms with van der Waals surface area (Å²) in [7, 11) is 1.69. The molecule has 150 valence electrons. The fourth-order valence-corrected chi connectivity index (χ4v) is 4.40. The Morgan fingerprint density at radius 1 is 1.07 bits per heavy atom. The van der Waals surface area contributed by atoms with E-state index in [1.165, 1.54) is 22.6 Å². The third-order valence-electron chi connectivity index (χ3n) is 5.01. The van der Waals surface area contributed by atoms with Crippen molar-refractivity contribution in [1.82, 2.24) is 9.97 Å². The van der Waals surface area contributed by atoms with Gasteiger partial charge in [-0.3, -0.25) is 0 Å². The van der Waals surface area contributed by atoms with E-state index in [9.17, 15) is 0 Å². The van der Waals surface area contributed by atoms with Gasteiger partial charge in [-0.2, -0.15) is 0 Å². The number of nitrogens with zero attached hydrogens (tertiary/aromatic N) is 3. The van der Waals surface area contributed by atoms with Gasteiger partial charge in [-0.1, -0.05) is 23.9 Å². The Bertz CT molecular complexity index is 955. The molecule has 6 heteroatoms. The molecule has 4 rings (SSSR count). The first-order valence-corrected chi connectivity index (χ1v) is 10.8. The summed E-state index contributed by atoms with van der Waals surface area (Å²) in [6, 6.07) is 16.5. The van der Waals surface area contributed by atoms with Crippen LogP contribution < -0.4 is 15.0 Å². The monoisotopic (exact) mass is 406 g/mol. The molecule has 1 aliphatic heterocycles. The van der Waals surface area contributed by atoms with Crippen molar-refractivity contribution < 1.29 is 4.74 Å². The first kappa shape index (κ1) is 19.6. The zero-order valence-electron chi connectivity index (χ0n) is 16.9. The second-order valence-electron chi connectivity index (χ2n) is 7.09. The highest BCUT2D eigenvalue weighted by Crippen LogP contribution is 2.34. The topological polar surface area (TPSA) is 50.3 Å². The highest BCUT2D eigenvalue weighted by Gasteiger charge is 2.18. The molecule has 0 radical (unpaired) electrons. The number of hydrogen-bond acceptors (Lipinski definition) is 6. The Balaban J connectivity index is 1.50. The molecule has 0 unspecified atom stereocenters. The van der Waals surface area contributed by atoms with Gasteiger partial charge in [0.2, 0.25) is 0 Å². The second kappa shape index (κ2) is 9.18. The minimum Gasteiger partial charge on any atom is -0.497 e. The molecule has 2 aromatic carbocycles. The van der Waals surface area contributed by atoms with Crippen molar-refractivity contribution in [2.45, 2.75) is 36.1 Å². The number of aryl methyl sites for hydroxylation is 1. The number of aromatic nitrogens is 2. The van der Waals surface area contributed by atoms with Crippen LogP contribution in [0.2, 0.25) is 0 Å². The predicted octanol–water partition coefficient (Wildman–Crippen LogP) is 5.16. The summed E-state index contributed by atoms with van der Waals surface area (Å²) in [6.07, 6.45) is 4.43. The van der Waals surface area contributed by atoms with Crippen LogP contribution in [-0.2, 0) is 6.54 Å². The molecule has 3 aromatic rings. The van der Waals surface area contributed by atoms with Gasteiger partial charge < -0.3 is 15.0 Å². The molecule has 5 nitrogen and oxygen atoms in total. The molecule has 0 aliphatic carbocycles. The lowest BCUT2D eigenvalue weighted by Gasteiger charge is -2.21. The Morgan fingerprint density at radius 3 is 2.59 bits per heavy atom. The molecule has 1 N–H and O–H groups in total. The lowest BCUT2D eigenvalue weighted by molar-refractivity contribution is 0.414. The summed E-state index contributed by atoms with van der Waals surface area (Å²) in [6.45, 7) is 4.81. The molecule has 29 heavy (non-hydrogen) atoms. The van der Waals surface area contributed by atoms with E-state index in [1.54, 1.807) is 18.9 Å². The molecule has 1 aliphatic rings. The van der Waals surface area contributed by atoms with Gasteiger partial charge in [-0.05, 0) is 56.2 Å². The standard InChI is InChI=1S/C23H26N4OS/c1-17-24-15-18(23(26-17)27-13-5-6-14-27)16-25-21-7-3-4-8-22(21)29-20-11-9-19(28-2)10-12-20/h3-4,7-12,15,25H,5-6,13-14,16H2,1-2H3. The van der Waals surface area contributed by atoms with Crippen LogP contribution in [0.1, 0.15) is 24.2 Å². The number of methoxy groups -OCH3 is 1. The normalized spacial score (nSPS) is 13.5. The van der Waals surface area contributed by atoms with Crippen molar-refractivity contribution in [2.24, 2.45) is 0 Å². The van der Waals surface area contributed by atoms with Crippen LogP contribution in [0.25, 0.3) is 0 Å². The third-order valence-corrected chi connectivity index (χ3v) is 6.10. The highest BCUT2D eigenvalue weighted by molar-refractivity contribution is 7.99. The van der Waals surface area contributed by atoms with Crippen molar-refractivity contribution >= 4 is 23.3 Å². The molecule has 2 heterocycles. The van der Waals surface area contributed by atoms with E-state index in [2.05, 4.69) is 51.6 Å². The average Bonchev–Trinajstić information content (AvgIpc) is 3.29. The van der Waals surface area contributed by atoms with Gasteiger partial charge >= 0.3 is 0 Å². The molecule has 1 saturated heterocycles. The Morgan fingerprint density at radius 2 is 1.83 bits per heavy atom. The van der Waals surface area contributed by atoms with Gasteiger partial charge in [0.1, 0.15) is 17.4 Å². The molecule has 0 atom stereocenters. The maximum atomic E-state index is 5.25. The number of anilines is 2. The van der Waals surface area contributed by atoms with Crippen LogP contribution in [0.4, 0.5) is 11.5 Å². The predicted molar refractivity (Wildman–Crippen MR) is 119 cm³/mol. The zero-order chi connectivity index (χ0) is 20.1. The number of hydrogen-bond donors (Lipinski definition) is 1.